The summed E-state index contributed by atoms with van der Waals surface area (Å²) in [5, 5.41) is 1.81. The number of hydrogen-bond acceptors (Lipinski definition) is 4. The van der Waals surface area contributed by atoms with Gasteiger partial charge in [-0.3, -0.25) is 4.79 Å². The Labute approximate surface area is 178 Å². The van der Waals surface area contributed by atoms with Gasteiger partial charge in [-0.05, 0) is 36.8 Å². The highest BCUT2D eigenvalue weighted by Crippen LogP contribution is 2.44. The minimum Gasteiger partial charge on any atom is -0.311 e. The molecule has 29 heavy (non-hydrogen) atoms. The van der Waals surface area contributed by atoms with Gasteiger partial charge in [0.25, 0.3) is 5.56 Å². The maximum atomic E-state index is 12.6. The van der Waals surface area contributed by atoms with Crippen LogP contribution in [0.3, 0.4) is 0 Å². The average Bonchev–Trinajstić information content (AvgIpc) is 2.76. The molecule has 2 heterocycles. The Morgan fingerprint density at radius 3 is 2.48 bits per heavy atom. The number of hydrogen-bond donors (Lipinski definition) is 0. The van der Waals surface area contributed by atoms with E-state index in [1.54, 1.807) is 11.8 Å². The number of aryl methyl sites for hydroxylation is 1. The Kier molecular flexibility index (Phi) is 4.94. The van der Waals surface area contributed by atoms with Crippen molar-refractivity contribution < 1.29 is 0 Å². The van der Waals surface area contributed by atoms with Gasteiger partial charge in [0, 0.05) is 15.9 Å². The van der Waals surface area contributed by atoms with Crippen molar-refractivity contribution in [3.63, 3.8) is 0 Å². The van der Waals surface area contributed by atoms with E-state index in [1.807, 2.05) is 42.1 Å². The van der Waals surface area contributed by atoms with Crippen LogP contribution in [0.1, 0.15) is 17.2 Å². The van der Waals surface area contributed by atoms with Gasteiger partial charge in [-0.2, -0.15) is 4.98 Å². The lowest BCUT2D eigenvalue weighted by molar-refractivity contribution is 0.524. The number of fused-ring (bicyclic) bond motifs is 3. The topological polar surface area (TPSA) is 34.9 Å². The molecule has 0 radical (unpaired) electrons. The first-order chi connectivity index (χ1) is 14.2. The normalized spacial score (nSPS) is 18.5. The Balaban J connectivity index is 1.68. The van der Waals surface area contributed by atoms with Gasteiger partial charge in [0.2, 0.25) is 0 Å². The van der Waals surface area contributed by atoms with Gasteiger partial charge in [0.1, 0.15) is 0 Å². The van der Waals surface area contributed by atoms with Gasteiger partial charge in [0.15, 0.2) is 5.16 Å². The van der Waals surface area contributed by atoms with Crippen LogP contribution in [0.4, 0.5) is 0 Å². The fourth-order valence-electron chi connectivity index (χ4n) is 3.86. The predicted octanol–water partition coefficient (Wildman–Crippen LogP) is 5.56. The molecule has 0 spiro atoms. The number of rotatable bonds is 3. The van der Waals surface area contributed by atoms with Gasteiger partial charge in [-0.1, -0.05) is 71.9 Å². The van der Waals surface area contributed by atoms with E-state index in [2.05, 4.69) is 65.0 Å². The van der Waals surface area contributed by atoms with Crippen LogP contribution in [0.5, 0.6) is 0 Å². The molecule has 1 aromatic heterocycles. The van der Waals surface area contributed by atoms with Crippen molar-refractivity contribution >= 4 is 34.4 Å². The molecular formula is C24H20N2OS2. The highest BCUT2D eigenvalue weighted by molar-refractivity contribution is 8.03. The van der Waals surface area contributed by atoms with Gasteiger partial charge in [-0.15, -0.1) is 11.8 Å². The molecule has 0 N–H and O–H groups in total. The van der Waals surface area contributed by atoms with Crippen molar-refractivity contribution in [3.05, 3.63) is 100 Å². The van der Waals surface area contributed by atoms with E-state index in [0.717, 1.165) is 16.4 Å². The lowest BCUT2D eigenvalue weighted by Crippen LogP contribution is -2.33. The summed E-state index contributed by atoms with van der Waals surface area (Å²) in [6.45, 7) is 2.11. The molecule has 5 heteroatoms. The molecular weight excluding hydrogens is 396 g/mol. The zero-order chi connectivity index (χ0) is 19.8. The minimum atomic E-state index is -0.143. The highest BCUT2D eigenvalue weighted by atomic mass is 32.2. The van der Waals surface area contributed by atoms with Crippen LogP contribution in [0, 0.1) is 6.92 Å². The van der Waals surface area contributed by atoms with E-state index in [4.69, 9.17) is 0 Å². The first-order valence-corrected chi connectivity index (χ1v) is 11.5. The quantitative estimate of drug-likeness (QED) is 0.410. The highest BCUT2D eigenvalue weighted by Gasteiger charge is 2.33. The molecule has 0 unspecified atom stereocenters. The number of thioether (sulfide) groups is 2. The Bertz CT molecular complexity index is 1220. The average molecular weight is 417 g/mol. The summed E-state index contributed by atoms with van der Waals surface area (Å²) < 4.78 is 2.27. The Morgan fingerprint density at radius 1 is 0.966 bits per heavy atom. The van der Waals surface area contributed by atoms with Gasteiger partial charge in [0.05, 0.1) is 16.9 Å². The van der Waals surface area contributed by atoms with E-state index in [-0.39, 0.29) is 11.6 Å². The third-order valence-corrected chi connectivity index (χ3v) is 7.81. The fourth-order valence-corrected chi connectivity index (χ4v) is 6.38. The largest absolute Gasteiger partial charge is 0.311 e. The second-order valence-corrected chi connectivity index (χ2v) is 9.52. The summed E-state index contributed by atoms with van der Waals surface area (Å²) in [6.07, 6.45) is 0. The molecule has 4 aromatic rings. The van der Waals surface area contributed by atoms with E-state index >= 15 is 0 Å². The van der Waals surface area contributed by atoms with Crippen LogP contribution >= 0.6 is 23.5 Å². The van der Waals surface area contributed by atoms with E-state index in [1.165, 1.54) is 16.0 Å². The van der Waals surface area contributed by atoms with Crippen molar-refractivity contribution in [1.29, 1.82) is 0 Å². The van der Waals surface area contributed by atoms with Crippen LogP contribution in [-0.4, -0.2) is 20.6 Å². The molecule has 1 aliphatic rings. The maximum absolute atomic E-state index is 12.6. The SMILES string of the molecule is Cc1ccc(S[C@H]2CSc3nc(=O)c4ccccc4n3[C@@H]2c2ccccc2)cc1. The molecule has 0 amide bonds. The monoisotopic (exact) mass is 416 g/mol. The van der Waals surface area contributed by atoms with Crippen molar-refractivity contribution in [2.75, 3.05) is 5.75 Å². The molecule has 0 bridgehead atoms. The molecule has 5 rings (SSSR count). The molecule has 3 aromatic carbocycles. The van der Waals surface area contributed by atoms with Crippen LogP contribution in [0.2, 0.25) is 0 Å². The standard InChI is InChI=1S/C24H20N2OS2/c1-16-11-13-18(14-12-16)29-21-15-28-24-25-23(27)19-9-5-6-10-20(19)26(24)22(21)17-7-3-2-4-8-17/h2-14,21-22H,15H2,1H3/t21-,22+/m0/s1. The number of para-hydroxylation sites is 1. The molecule has 1 aliphatic heterocycles. The molecule has 0 aliphatic carbocycles. The van der Waals surface area contributed by atoms with Crippen molar-refractivity contribution in [1.82, 2.24) is 9.55 Å². The van der Waals surface area contributed by atoms with Crippen molar-refractivity contribution in [3.8, 4) is 0 Å². The number of aromatic nitrogens is 2. The Morgan fingerprint density at radius 2 is 1.69 bits per heavy atom. The Hall–Kier alpha value is -2.50. The molecule has 0 fully saturated rings. The summed E-state index contributed by atoms with van der Waals surface area (Å²) in [5.74, 6) is 0.906. The zero-order valence-corrected chi connectivity index (χ0v) is 17.6. The third kappa shape index (κ3) is 3.49. The van der Waals surface area contributed by atoms with E-state index < -0.39 is 0 Å². The molecule has 2 atom stereocenters. The number of benzene rings is 3. The first kappa shape index (κ1) is 18.5. The summed E-state index contributed by atoms with van der Waals surface area (Å²) >= 11 is 3.58. The second kappa shape index (κ2) is 7.73. The van der Waals surface area contributed by atoms with Crippen molar-refractivity contribution in [2.45, 2.75) is 28.3 Å². The van der Waals surface area contributed by atoms with Gasteiger partial charge < -0.3 is 4.57 Å². The molecule has 0 saturated heterocycles. The predicted molar refractivity (Wildman–Crippen MR) is 122 cm³/mol. The van der Waals surface area contributed by atoms with Crippen LogP contribution in [0.25, 0.3) is 10.9 Å². The zero-order valence-electron chi connectivity index (χ0n) is 16.0. The van der Waals surface area contributed by atoms with Crippen LogP contribution in [-0.2, 0) is 0 Å². The summed E-state index contributed by atoms with van der Waals surface area (Å²) in [4.78, 5) is 18.3. The summed E-state index contributed by atoms with van der Waals surface area (Å²) in [7, 11) is 0. The second-order valence-electron chi connectivity index (χ2n) is 7.22. The van der Waals surface area contributed by atoms with Crippen molar-refractivity contribution in [2.24, 2.45) is 0 Å². The summed E-state index contributed by atoms with van der Waals surface area (Å²) in [6, 6.07) is 27.2. The minimum absolute atomic E-state index is 0.108. The number of nitrogens with zero attached hydrogens (tertiary/aromatic N) is 2. The van der Waals surface area contributed by atoms with Gasteiger partial charge in [-0.25, -0.2) is 0 Å². The van der Waals surface area contributed by atoms with E-state index in [9.17, 15) is 4.79 Å². The molecule has 144 valence electrons. The lowest BCUT2D eigenvalue weighted by atomic mass is 10.0. The van der Waals surface area contributed by atoms with Crippen LogP contribution < -0.4 is 5.56 Å². The smallest absolute Gasteiger partial charge is 0.281 e. The van der Waals surface area contributed by atoms with E-state index in [0.29, 0.717) is 10.6 Å². The van der Waals surface area contributed by atoms with Gasteiger partial charge >= 0.3 is 0 Å². The maximum Gasteiger partial charge on any atom is 0.281 e. The molecule has 3 nitrogen and oxygen atoms in total. The lowest BCUT2D eigenvalue weighted by Gasteiger charge is -2.35. The fraction of sp³-hybridized carbons (Fsp3) is 0.167. The first-order valence-electron chi connectivity index (χ1n) is 9.63. The summed E-state index contributed by atoms with van der Waals surface area (Å²) in [5.41, 5.74) is 3.33. The third-order valence-electron chi connectivity index (χ3n) is 5.25. The van der Waals surface area contributed by atoms with Crippen LogP contribution in [0.15, 0.2) is 93.7 Å². The molecule has 0 saturated carbocycles.